The Hall–Kier alpha value is -2.67. The van der Waals surface area contributed by atoms with E-state index in [1.54, 1.807) is 0 Å². The SMILES string of the molecule is CCC1CN(c2ncc(C)c(Nc3ccc4[nH]ncc4c3)n2)CCN1. The van der Waals surface area contributed by atoms with E-state index >= 15 is 0 Å². The molecule has 3 N–H and O–H groups in total. The molecular formula is C18H23N7. The third kappa shape index (κ3) is 3.28. The summed E-state index contributed by atoms with van der Waals surface area (Å²) in [5.74, 6) is 1.64. The second-order valence-electron chi connectivity index (χ2n) is 6.50. The van der Waals surface area contributed by atoms with Gasteiger partial charge < -0.3 is 15.5 Å². The molecule has 1 atom stereocenters. The molecule has 0 radical (unpaired) electrons. The lowest BCUT2D eigenvalue weighted by Crippen LogP contribution is -2.51. The molecule has 130 valence electrons. The van der Waals surface area contributed by atoms with Crippen LogP contribution in [0.2, 0.25) is 0 Å². The lowest BCUT2D eigenvalue weighted by Gasteiger charge is -2.33. The van der Waals surface area contributed by atoms with Crippen LogP contribution in [0.3, 0.4) is 0 Å². The van der Waals surface area contributed by atoms with Gasteiger partial charge in [0.15, 0.2) is 0 Å². The Morgan fingerprint density at radius 3 is 3.12 bits per heavy atom. The third-order valence-electron chi connectivity index (χ3n) is 4.69. The first-order valence-electron chi connectivity index (χ1n) is 8.75. The monoisotopic (exact) mass is 337 g/mol. The van der Waals surface area contributed by atoms with Crippen molar-refractivity contribution in [2.24, 2.45) is 0 Å². The van der Waals surface area contributed by atoms with E-state index in [0.29, 0.717) is 6.04 Å². The molecule has 1 saturated heterocycles. The number of piperazine rings is 1. The second-order valence-corrected chi connectivity index (χ2v) is 6.50. The molecule has 2 aromatic heterocycles. The highest BCUT2D eigenvalue weighted by atomic mass is 15.3. The maximum Gasteiger partial charge on any atom is 0.227 e. The van der Waals surface area contributed by atoms with Crippen molar-refractivity contribution in [1.29, 1.82) is 0 Å². The van der Waals surface area contributed by atoms with Gasteiger partial charge in [0, 0.05) is 48.5 Å². The molecule has 1 aromatic carbocycles. The first kappa shape index (κ1) is 15.8. The maximum atomic E-state index is 4.78. The number of aromatic amines is 1. The Kier molecular flexibility index (Phi) is 4.23. The Labute approximate surface area is 146 Å². The van der Waals surface area contributed by atoms with Crippen LogP contribution in [0, 0.1) is 6.92 Å². The van der Waals surface area contributed by atoms with E-state index in [4.69, 9.17) is 4.98 Å². The van der Waals surface area contributed by atoms with Crippen LogP contribution in [0.1, 0.15) is 18.9 Å². The van der Waals surface area contributed by atoms with E-state index in [2.05, 4.69) is 43.7 Å². The number of aromatic nitrogens is 4. The molecule has 0 bridgehead atoms. The summed E-state index contributed by atoms with van der Waals surface area (Å²) >= 11 is 0. The van der Waals surface area contributed by atoms with Crippen molar-refractivity contribution >= 4 is 28.4 Å². The predicted octanol–water partition coefficient (Wildman–Crippen LogP) is 2.59. The summed E-state index contributed by atoms with van der Waals surface area (Å²) in [6.07, 6.45) is 4.83. The van der Waals surface area contributed by atoms with Crippen LogP contribution in [0.5, 0.6) is 0 Å². The van der Waals surface area contributed by atoms with Crippen LogP contribution in [0.25, 0.3) is 10.9 Å². The molecule has 1 aliphatic heterocycles. The summed E-state index contributed by atoms with van der Waals surface area (Å²) in [4.78, 5) is 11.6. The number of hydrogen-bond donors (Lipinski definition) is 3. The average Bonchev–Trinajstić information content (AvgIpc) is 3.11. The van der Waals surface area contributed by atoms with Crippen molar-refractivity contribution in [2.75, 3.05) is 29.9 Å². The van der Waals surface area contributed by atoms with Gasteiger partial charge >= 0.3 is 0 Å². The van der Waals surface area contributed by atoms with Crippen molar-refractivity contribution in [3.8, 4) is 0 Å². The van der Waals surface area contributed by atoms with E-state index in [1.807, 2.05) is 31.5 Å². The number of H-pyrrole nitrogens is 1. The van der Waals surface area contributed by atoms with Crippen LogP contribution in [-0.4, -0.2) is 45.8 Å². The lowest BCUT2D eigenvalue weighted by molar-refractivity contribution is 0.443. The first-order chi connectivity index (χ1) is 12.2. The standard InChI is InChI=1S/C18H23N7/c1-3-14-11-25(7-6-19-14)18-20-9-12(2)17(23-18)22-15-4-5-16-13(8-15)10-21-24-16/h4-5,8-10,14,19H,3,6-7,11H2,1-2H3,(H,21,24)(H,20,22,23). The highest BCUT2D eigenvalue weighted by Gasteiger charge is 2.20. The highest BCUT2D eigenvalue weighted by Crippen LogP contribution is 2.23. The van der Waals surface area contributed by atoms with Crippen LogP contribution in [-0.2, 0) is 0 Å². The number of nitrogens with zero attached hydrogens (tertiary/aromatic N) is 4. The molecule has 1 aliphatic rings. The second kappa shape index (κ2) is 6.68. The molecule has 0 amide bonds. The van der Waals surface area contributed by atoms with Crippen LogP contribution in [0.4, 0.5) is 17.5 Å². The molecule has 1 unspecified atom stereocenters. The van der Waals surface area contributed by atoms with Gasteiger partial charge in [-0.15, -0.1) is 0 Å². The molecule has 4 rings (SSSR count). The van der Waals surface area contributed by atoms with E-state index < -0.39 is 0 Å². The summed E-state index contributed by atoms with van der Waals surface area (Å²) in [5, 5.41) is 15.1. The quantitative estimate of drug-likeness (QED) is 0.679. The molecule has 0 spiro atoms. The first-order valence-corrected chi connectivity index (χ1v) is 8.75. The van der Waals surface area contributed by atoms with Crippen LogP contribution < -0.4 is 15.5 Å². The van der Waals surface area contributed by atoms with E-state index in [-0.39, 0.29) is 0 Å². The van der Waals surface area contributed by atoms with E-state index in [0.717, 1.165) is 60.0 Å². The fraction of sp³-hybridized carbons (Fsp3) is 0.389. The molecule has 25 heavy (non-hydrogen) atoms. The minimum Gasteiger partial charge on any atom is -0.340 e. The largest absolute Gasteiger partial charge is 0.340 e. The Balaban J connectivity index is 1.58. The summed E-state index contributed by atoms with van der Waals surface area (Å²) < 4.78 is 0. The molecule has 0 saturated carbocycles. The Bertz CT molecular complexity index is 873. The van der Waals surface area contributed by atoms with Crippen molar-refractivity contribution in [3.63, 3.8) is 0 Å². The number of hydrogen-bond acceptors (Lipinski definition) is 6. The minimum absolute atomic E-state index is 0.499. The van der Waals surface area contributed by atoms with Gasteiger partial charge in [0.05, 0.1) is 11.7 Å². The number of fused-ring (bicyclic) bond motifs is 1. The number of rotatable bonds is 4. The smallest absolute Gasteiger partial charge is 0.227 e. The summed E-state index contributed by atoms with van der Waals surface area (Å²) in [5.41, 5.74) is 3.05. The lowest BCUT2D eigenvalue weighted by atomic mass is 10.1. The van der Waals surface area contributed by atoms with Gasteiger partial charge in [-0.3, -0.25) is 5.10 Å². The molecule has 3 heterocycles. The van der Waals surface area contributed by atoms with Crippen molar-refractivity contribution in [1.82, 2.24) is 25.5 Å². The van der Waals surface area contributed by atoms with Gasteiger partial charge in [0.1, 0.15) is 5.82 Å². The van der Waals surface area contributed by atoms with Crippen LogP contribution in [0.15, 0.2) is 30.6 Å². The third-order valence-corrected chi connectivity index (χ3v) is 4.69. The van der Waals surface area contributed by atoms with Gasteiger partial charge in [-0.25, -0.2) is 4.98 Å². The zero-order valence-corrected chi connectivity index (χ0v) is 14.6. The van der Waals surface area contributed by atoms with Crippen molar-refractivity contribution < 1.29 is 0 Å². The average molecular weight is 337 g/mol. The molecule has 7 heteroatoms. The number of aryl methyl sites for hydroxylation is 1. The maximum absolute atomic E-state index is 4.78. The van der Waals surface area contributed by atoms with Gasteiger partial charge in [0.2, 0.25) is 5.95 Å². The van der Waals surface area contributed by atoms with Crippen LogP contribution >= 0.6 is 0 Å². The molecule has 3 aromatic rings. The van der Waals surface area contributed by atoms with Gasteiger partial charge in [-0.1, -0.05) is 6.92 Å². The minimum atomic E-state index is 0.499. The zero-order chi connectivity index (χ0) is 17.2. The van der Waals surface area contributed by atoms with Crippen molar-refractivity contribution in [2.45, 2.75) is 26.3 Å². The fourth-order valence-electron chi connectivity index (χ4n) is 3.15. The highest BCUT2D eigenvalue weighted by molar-refractivity contribution is 5.82. The number of nitrogens with one attached hydrogen (secondary N) is 3. The molecular weight excluding hydrogens is 314 g/mol. The van der Waals surface area contributed by atoms with Gasteiger partial charge in [0.25, 0.3) is 0 Å². The summed E-state index contributed by atoms with van der Waals surface area (Å²) in [6.45, 7) is 7.07. The predicted molar refractivity (Wildman–Crippen MR) is 100 cm³/mol. The van der Waals surface area contributed by atoms with Gasteiger partial charge in [-0.2, -0.15) is 10.1 Å². The van der Waals surface area contributed by atoms with E-state index in [1.165, 1.54) is 0 Å². The molecule has 1 fully saturated rings. The van der Waals surface area contributed by atoms with E-state index in [9.17, 15) is 0 Å². The van der Waals surface area contributed by atoms with Gasteiger partial charge in [-0.05, 0) is 31.5 Å². The number of benzene rings is 1. The Morgan fingerprint density at radius 1 is 1.32 bits per heavy atom. The summed E-state index contributed by atoms with van der Waals surface area (Å²) in [6, 6.07) is 6.61. The zero-order valence-electron chi connectivity index (χ0n) is 14.6. The van der Waals surface area contributed by atoms with Crippen molar-refractivity contribution in [3.05, 3.63) is 36.2 Å². The normalized spacial score (nSPS) is 17.8. The fourth-order valence-corrected chi connectivity index (χ4v) is 3.15. The number of anilines is 3. The molecule has 0 aliphatic carbocycles. The summed E-state index contributed by atoms with van der Waals surface area (Å²) in [7, 11) is 0. The Morgan fingerprint density at radius 2 is 2.24 bits per heavy atom. The topological polar surface area (TPSA) is 81.8 Å². The molecule has 7 nitrogen and oxygen atoms in total.